The van der Waals surface area contributed by atoms with Gasteiger partial charge < -0.3 is 14.9 Å². The Morgan fingerprint density at radius 1 is 1.22 bits per heavy atom. The van der Waals surface area contributed by atoms with Crippen molar-refractivity contribution in [1.82, 2.24) is 4.98 Å². The smallest absolute Gasteiger partial charge is 0.194 e. The quantitative estimate of drug-likeness (QED) is 0.609. The van der Waals surface area contributed by atoms with Crippen LogP contribution in [0.1, 0.15) is 0 Å². The van der Waals surface area contributed by atoms with Crippen molar-refractivity contribution in [2.45, 2.75) is 0 Å². The second-order valence-corrected chi connectivity index (χ2v) is 6.05. The number of anilines is 1. The van der Waals surface area contributed by atoms with Gasteiger partial charge in [0, 0.05) is 17.7 Å². The zero-order valence-electron chi connectivity index (χ0n) is 12.2. The van der Waals surface area contributed by atoms with Crippen LogP contribution in [0, 0.1) is 0 Å². The van der Waals surface area contributed by atoms with Crippen LogP contribution in [0.5, 0.6) is 5.75 Å². The number of methoxy groups -OCH3 is 1. The Hall–Kier alpha value is -2.86. The van der Waals surface area contributed by atoms with Crippen molar-refractivity contribution in [3.8, 4) is 17.1 Å². The van der Waals surface area contributed by atoms with E-state index in [1.165, 1.54) is 17.4 Å². The maximum absolute atomic E-state index is 12.6. The monoisotopic (exact) mass is 324 g/mol. The molecule has 0 aliphatic heterocycles. The Labute approximate surface area is 134 Å². The van der Waals surface area contributed by atoms with Crippen molar-refractivity contribution < 1.29 is 9.15 Å². The Kier molecular flexibility index (Phi) is 3.06. The van der Waals surface area contributed by atoms with Crippen molar-refractivity contribution in [3.63, 3.8) is 0 Å². The first-order valence-corrected chi connectivity index (χ1v) is 7.75. The van der Waals surface area contributed by atoms with Crippen LogP contribution >= 0.6 is 11.3 Å². The summed E-state index contributed by atoms with van der Waals surface area (Å²) in [4.78, 5) is 16.9. The molecule has 0 atom stereocenters. The Morgan fingerprint density at radius 3 is 2.74 bits per heavy atom. The number of nitrogens with zero attached hydrogens (tertiary/aromatic N) is 1. The molecule has 6 heteroatoms. The van der Waals surface area contributed by atoms with E-state index in [9.17, 15) is 4.79 Å². The van der Waals surface area contributed by atoms with E-state index in [1.54, 1.807) is 13.2 Å². The summed E-state index contributed by atoms with van der Waals surface area (Å²) >= 11 is 1.25. The van der Waals surface area contributed by atoms with Gasteiger partial charge in [0.05, 0.1) is 17.2 Å². The highest BCUT2D eigenvalue weighted by Crippen LogP contribution is 2.37. The van der Waals surface area contributed by atoms with Gasteiger partial charge in [-0.1, -0.05) is 41.7 Å². The van der Waals surface area contributed by atoms with Crippen LogP contribution in [-0.2, 0) is 0 Å². The van der Waals surface area contributed by atoms with Gasteiger partial charge in [-0.05, 0) is 0 Å². The molecule has 2 aromatic heterocycles. The summed E-state index contributed by atoms with van der Waals surface area (Å²) in [6.07, 6.45) is 0. The number of thiazole rings is 1. The minimum absolute atomic E-state index is 0.124. The molecule has 2 heterocycles. The molecular weight excluding hydrogens is 312 g/mol. The first-order chi connectivity index (χ1) is 11.2. The Balaban J connectivity index is 2.11. The van der Waals surface area contributed by atoms with Crippen LogP contribution in [0.15, 0.2) is 51.7 Å². The molecule has 4 aromatic rings. The maximum Gasteiger partial charge on any atom is 0.194 e. The van der Waals surface area contributed by atoms with Crippen LogP contribution in [0.25, 0.3) is 32.5 Å². The predicted molar refractivity (Wildman–Crippen MR) is 92.1 cm³/mol. The third-order valence-electron chi connectivity index (χ3n) is 3.62. The highest BCUT2D eigenvalue weighted by molar-refractivity contribution is 7.23. The molecule has 0 saturated carbocycles. The van der Waals surface area contributed by atoms with E-state index in [2.05, 4.69) is 4.98 Å². The van der Waals surface area contributed by atoms with Crippen molar-refractivity contribution in [1.29, 1.82) is 0 Å². The average Bonchev–Trinajstić information content (AvgIpc) is 2.95. The SMILES string of the molecule is COc1cc2oc(-c3ccccc3)cc(=O)c2c2sc(N)nc12. The molecule has 0 fully saturated rings. The van der Waals surface area contributed by atoms with Crippen molar-refractivity contribution in [2.75, 3.05) is 12.8 Å². The van der Waals surface area contributed by atoms with Crippen LogP contribution in [0.2, 0.25) is 0 Å². The number of benzene rings is 2. The lowest BCUT2D eigenvalue weighted by Crippen LogP contribution is -2.01. The average molecular weight is 324 g/mol. The zero-order valence-corrected chi connectivity index (χ0v) is 13.0. The van der Waals surface area contributed by atoms with E-state index in [1.807, 2.05) is 30.3 Å². The van der Waals surface area contributed by atoms with Crippen molar-refractivity contribution in [2.24, 2.45) is 0 Å². The second kappa shape index (κ2) is 5.10. The summed E-state index contributed by atoms with van der Waals surface area (Å²) in [6.45, 7) is 0. The Bertz CT molecular complexity index is 1080. The van der Waals surface area contributed by atoms with E-state index in [0.717, 1.165) is 5.56 Å². The Morgan fingerprint density at radius 2 is 2.00 bits per heavy atom. The number of fused-ring (bicyclic) bond motifs is 3. The molecule has 0 bridgehead atoms. The maximum atomic E-state index is 12.6. The molecule has 114 valence electrons. The molecule has 23 heavy (non-hydrogen) atoms. The highest BCUT2D eigenvalue weighted by Gasteiger charge is 2.17. The molecule has 0 saturated heterocycles. The first kappa shape index (κ1) is 13.8. The molecule has 0 aliphatic rings. The van der Waals surface area contributed by atoms with Crippen LogP contribution < -0.4 is 15.9 Å². The minimum Gasteiger partial charge on any atom is -0.494 e. The fourth-order valence-corrected chi connectivity index (χ4v) is 3.49. The lowest BCUT2D eigenvalue weighted by atomic mass is 10.1. The van der Waals surface area contributed by atoms with E-state index in [4.69, 9.17) is 14.9 Å². The standard InChI is InChI=1S/C17H12N2O3S/c1-21-13-8-12-14(16-15(13)19-17(18)23-16)10(20)7-11(22-12)9-5-3-2-4-6-9/h2-8H,1H3,(H2,18,19). The summed E-state index contributed by atoms with van der Waals surface area (Å²) < 4.78 is 12.0. The van der Waals surface area contributed by atoms with E-state index in [-0.39, 0.29) is 5.43 Å². The lowest BCUT2D eigenvalue weighted by molar-refractivity contribution is 0.418. The number of hydrogen-bond acceptors (Lipinski definition) is 6. The molecule has 0 spiro atoms. The molecule has 0 radical (unpaired) electrons. The predicted octanol–water partition coefficient (Wildman–Crippen LogP) is 3.66. The largest absolute Gasteiger partial charge is 0.494 e. The third-order valence-corrected chi connectivity index (χ3v) is 4.52. The third kappa shape index (κ3) is 2.15. The van der Waals surface area contributed by atoms with Gasteiger partial charge in [0.1, 0.15) is 22.6 Å². The van der Waals surface area contributed by atoms with Gasteiger partial charge in [-0.15, -0.1) is 0 Å². The van der Waals surface area contributed by atoms with Gasteiger partial charge in [0.25, 0.3) is 0 Å². The van der Waals surface area contributed by atoms with Gasteiger partial charge in [-0.3, -0.25) is 4.79 Å². The van der Waals surface area contributed by atoms with E-state index < -0.39 is 0 Å². The molecule has 0 aliphatic carbocycles. The molecule has 2 N–H and O–H groups in total. The molecule has 0 unspecified atom stereocenters. The first-order valence-electron chi connectivity index (χ1n) is 6.93. The van der Waals surface area contributed by atoms with Crippen LogP contribution in [-0.4, -0.2) is 12.1 Å². The summed E-state index contributed by atoms with van der Waals surface area (Å²) in [5, 5.41) is 0.868. The molecule has 5 nitrogen and oxygen atoms in total. The lowest BCUT2D eigenvalue weighted by Gasteiger charge is -2.06. The number of rotatable bonds is 2. The van der Waals surface area contributed by atoms with Gasteiger partial charge in [0.2, 0.25) is 0 Å². The number of aromatic nitrogens is 1. The molecule has 4 rings (SSSR count). The number of nitrogen functional groups attached to an aromatic ring is 1. The normalized spacial score (nSPS) is 11.2. The van der Waals surface area contributed by atoms with Crippen molar-refractivity contribution >= 4 is 37.7 Å². The van der Waals surface area contributed by atoms with E-state index >= 15 is 0 Å². The molecule has 2 aromatic carbocycles. The highest BCUT2D eigenvalue weighted by atomic mass is 32.1. The fourth-order valence-electron chi connectivity index (χ4n) is 2.60. The van der Waals surface area contributed by atoms with Gasteiger partial charge >= 0.3 is 0 Å². The summed E-state index contributed by atoms with van der Waals surface area (Å²) in [5.74, 6) is 1.05. The van der Waals surface area contributed by atoms with E-state index in [0.29, 0.717) is 37.8 Å². The molecule has 0 amide bonds. The zero-order chi connectivity index (χ0) is 16.0. The second-order valence-electron chi connectivity index (χ2n) is 5.02. The topological polar surface area (TPSA) is 78.3 Å². The summed E-state index contributed by atoms with van der Waals surface area (Å²) in [7, 11) is 1.55. The van der Waals surface area contributed by atoms with Gasteiger partial charge in [-0.2, -0.15) is 0 Å². The van der Waals surface area contributed by atoms with Gasteiger partial charge in [0.15, 0.2) is 10.6 Å². The minimum atomic E-state index is -0.124. The molecular formula is C17H12N2O3S. The summed E-state index contributed by atoms with van der Waals surface area (Å²) in [5.41, 5.74) is 7.56. The summed E-state index contributed by atoms with van der Waals surface area (Å²) in [6, 6.07) is 12.7. The fraction of sp³-hybridized carbons (Fsp3) is 0.0588. The van der Waals surface area contributed by atoms with Crippen molar-refractivity contribution in [3.05, 3.63) is 52.7 Å². The van der Waals surface area contributed by atoms with Gasteiger partial charge in [-0.25, -0.2) is 4.98 Å². The number of nitrogens with two attached hydrogens (primary N) is 1. The van der Waals surface area contributed by atoms with Crippen LogP contribution in [0.4, 0.5) is 5.13 Å². The number of ether oxygens (including phenoxy) is 1. The van der Waals surface area contributed by atoms with Crippen LogP contribution in [0.3, 0.4) is 0 Å². The number of hydrogen-bond donors (Lipinski definition) is 1.